The third kappa shape index (κ3) is 3.20. The lowest BCUT2D eigenvalue weighted by Crippen LogP contribution is -2.11. The van der Waals surface area contributed by atoms with Gasteiger partial charge in [-0.2, -0.15) is 0 Å². The van der Waals surface area contributed by atoms with Crippen LogP contribution < -0.4 is 5.32 Å². The highest BCUT2D eigenvalue weighted by molar-refractivity contribution is 7.22. The van der Waals surface area contributed by atoms with Crippen molar-refractivity contribution in [2.24, 2.45) is 0 Å². The van der Waals surface area contributed by atoms with Crippen LogP contribution in [0.15, 0.2) is 30.3 Å². The summed E-state index contributed by atoms with van der Waals surface area (Å²) >= 11 is 19.2. The molecule has 1 heterocycles. The van der Waals surface area contributed by atoms with Gasteiger partial charge in [-0.1, -0.05) is 46.1 Å². The first kappa shape index (κ1) is 15.6. The van der Waals surface area contributed by atoms with Crippen molar-refractivity contribution in [3.05, 3.63) is 56.5 Å². The minimum Gasteiger partial charge on any atom is -0.298 e. The Labute approximate surface area is 145 Å². The van der Waals surface area contributed by atoms with Gasteiger partial charge in [0, 0.05) is 20.6 Å². The molecule has 0 radical (unpaired) electrons. The van der Waals surface area contributed by atoms with Crippen LogP contribution in [-0.4, -0.2) is 10.9 Å². The summed E-state index contributed by atoms with van der Waals surface area (Å²) in [5.74, 6) is -0.313. The Balaban J connectivity index is 1.92. The number of halogens is 3. The third-order valence-electron chi connectivity index (χ3n) is 3.00. The van der Waals surface area contributed by atoms with Crippen LogP contribution in [-0.2, 0) is 0 Å². The van der Waals surface area contributed by atoms with Crippen LogP contribution in [0.1, 0.15) is 15.9 Å². The number of hydrogen-bond donors (Lipinski definition) is 1. The summed E-state index contributed by atoms with van der Waals surface area (Å²) in [5, 5.41) is 4.72. The van der Waals surface area contributed by atoms with Crippen molar-refractivity contribution in [3.8, 4) is 0 Å². The molecule has 0 saturated heterocycles. The molecule has 0 unspecified atom stereocenters. The number of carbonyl (C=O) groups excluding carboxylic acids is 1. The van der Waals surface area contributed by atoms with Crippen molar-refractivity contribution in [2.45, 2.75) is 6.92 Å². The fourth-order valence-electron chi connectivity index (χ4n) is 2.06. The largest absolute Gasteiger partial charge is 0.298 e. The molecule has 1 amide bonds. The van der Waals surface area contributed by atoms with Crippen LogP contribution >= 0.6 is 46.1 Å². The van der Waals surface area contributed by atoms with Crippen LogP contribution in [0.5, 0.6) is 0 Å². The lowest BCUT2D eigenvalue weighted by Gasteiger charge is -2.03. The summed E-state index contributed by atoms with van der Waals surface area (Å²) in [7, 11) is 0. The van der Waals surface area contributed by atoms with E-state index in [1.165, 1.54) is 11.3 Å². The number of benzene rings is 2. The standard InChI is InChI=1S/C15H9Cl3N2OS/c1-7-2-9(16)6-12-13(7)19-15(22-12)20-14(21)8-3-10(17)5-11(18)4-8/h2-6H,1H3,(H,19,20,21). The molecule has 22 heavy (non-hydrogen) atoms. The molecule has 112 valence electrons. The number of nitrogens with one attached hydrogen (secondary N) is 1. The van der Waals surface area contributed by atoms with E-state index in [9.17, 15) is 4.79 Å². The van der Waals surface area contributed by atoms with Crippen molar-refractivity contribution in [2.75, 3.05) is 5.32 Å². The van der Waals surface area contributed by atoms with E-state index >= 15 is 0 Å². The van der Waals surface area contributed by atoms with E-state index in [2.05, 4.69) is 10.3 Å². The third-order valence-corrected chi connectivity index (χ3v) is 4.57. The molecule has 0 saturated carbocycles. The van der Waals surface area contributed by atoms with E-state index in [0.717, 1.165) is 15.8 Å². The summed E-state index contributed by atoms with van der Waals surface area (Å²) in [6, 6.07) is 8.35. The van der Waals surface area contributed by atoms with Crippen LogP contribution in [0.25, 0.3) is 10.2 Å². The first-order valence-corrected chi connectivity index (χ1v) is 8.21. The van der Waals surface area contributed by atoms with Gasteiger partial charge in [-0.15, -0.1) is 0 Å². The van der Waals surface area contributed by atoms with Gasteiger partial charge in [0.1, 0.15) is 0 Å². The molecule has 0 bridgehead atoms. The highest BCUT2D eigenvalue weighted by Gasteiger charge is 2.13. The van der Waals surface area contributed by atoms with Gasteiger partial charge in [0.2, 0.25) is 0 Å². The van der Waals surface area contributed by atoms with E-state index in [0.29, 0.717) is 25.8 Å². The highest BCUT2D eigenvalue weighted by atomic mass is 35.5. The Bertz CT molecular complexity index is 872. The number of rotatable bonds is 2. The lowest BCUT2D eigenvalue weighted by molar-refractivity contribution is 0.102. The normalized spacial score (nSPS) is 10.9. The molecule has 0 atom stereocenters. The molecule has 3 rings (SSSR count). The maximum atomic E-state index is 12.3. The second-order valence-corrected chi connectivity index (χ2v) is 7.04. The lowest BCUT2D eigenvalue weighted by atomic mass is 10.2. The number of thiazole rings is 1. The molecule has 7 heteroatoms. The summed E-state index contributed by atoms with van der Waals surface area (Å²) in [6.07, 6.45) is 0. The van der Waals surface area contributed by atoms with Gasteiger partial charge in [0.05, 0.1) is 10.2 Å². The maximum absolute atomic E-state index is 12.3. The number of aromatic nitrogens is 1. The fraction of sp³-hybridized carbons (Fsp3) is 0.0667. The Morgan fingerprint density at radius 3 is 2.36 bits per heavy atom. The summed E-state index contributed by atoms with van der Waals surface area (Å²) in [6.45, 7) is 1.93. The molecular formula is C15H9Cl3N2OS. The zero-order valence-corrected chi connectivity index (χ0v) is 14.4. The summed E-state index contributed by atoms with van der Waals surface area (Å²) < 4.78 is 0.921. The number of anilines is 1. The van der Waals surface area contributed by atoms with Crippen molar-refractivity contribution < 1.29 is 4.79 Å². The molecule has 0 fully saturated rings. The monoisotopic (exact) mass is 370 g/mol. The zero-order chi connectivity index (χ0) is 15.9. The molecule has 0 aliphatic rings. The van der Waals surface area contributed by atoms with Crippen LogP contribution in [0.4, 0.5) is 5.13 Å². The smallest absolute Gasteiger partial charge is 0.257 e. The van der Waals surface area contributed by atoms with Gasteiger partial charge in [0.25, 0.3) is 5.91 Å². The molecular weight excluding hydrogens is 363 g/mol. The summed E-state index contributed by atoms with van der Waals surface area (Å²) in [4.78, 5) is 16.7. The van der Waals surface area contributed by atoms with E-state index < -0.39 is 0 Å². The molecule has 1 N–H and O–H groups in total. The SMILES string of the molecule is Cc1cc(Cl)cc2sc(NC(=O)c3cc(Cl)cc(Cl)c3)nc12. The van der Waals surface area contributed by atoms with E-state index in [-0.39, 0.29) is 5.91 Å². The Morgan fingerprint density at radius 2 is 1.68 bits per heavy atom. The van der Waals surface area contributed by atoms with Gasteiger partial charge in [-0.25, -0.2) is 4.98 Å². The molecule has 2 aromatic carbocycles. The molecule has 0 aliphatic heterocycles. The Kier molecular flexibility index (Phi) is 4.28. The number of nitrogens with zero attached hydrogens (tertiary/aromatic N) is 1. The average Bonchev–Trinajstić information content (AvgIpc) is 2.80. The average molecular weight is 372 g/mol. The van der Waals surface area contributed by atoms with E-state index in [4.69, 9.17) is 34.8 Å². The predicted octanol–water partition coefficient (Wildman–Crippen LogP) is 5.82. The minimum atomic E-state index is -0.313. The molecule has 1 aromatic heterocycles. The van der Waals surface area contributed by atoms with Crippen molar-refractivity contribution in [3.63, 3.8) is 0 Å². The summed E-state index contributed by atoms with van der Waals surface area (Å²) in [5.41, 5.74) is 2.17. The Hall–Kier alpha value is -1.33. The van der Waals surface area contributed by atoms with Gasteiger partial charge < -0.3 is 0 Å². The predicted molar refractivity (Wildman–Crippen MR) is 93.8 cm³/mol. The van der Waals surface area contributed by atoms with Crippen LogP contribution in [0.3, 0.4) is 0 Å². The van der Waals surface area contributed by atoms with E-state index in [1.54, 1.807) is 18.2 Å². The molecule has 3 nitrogen and oxygen atoms in total. The zero-order valence-electron chi connectivity index (χ0n) is 11.3. The number of fused-ring (bicyclic) bond motifs is 1. The number of amides is 1. The van der Waals surface area contributed by atoms with Gasteiger partial charge >= 0.3 is 0 Å². The van der Waals surface area contributed by atoms with Gasteiger partial charge in [-0.05, 0) is 42.8 Å². The van der Waals surface area contributed by atoms with Crippen LogP contribution in [0.2, 0.25) is 15.1 Å². The minimum absolute atomic E-state index is 0.313. The Morgan fingerprint density at radius 1 is 1.05 bits per heavy atom. The quantitative estimate of drug-likeness (QED) is 0.617. The van der Waals surface area contributed by atoms with Crippen molar-refractivity contribution >= 4 is 67.4 Å². The first-order valence-electron chi connectivity index (χ1n) is 6.26. The van der Waals surface area contributed by atoms with Crippen LogP contribution in [0, 0.1) is 6.92 Å². The number of aryl methyl sites for hydroxylation is 1. The fourth-order valence-corrected chi connectivity index (χ4v) is 3.90. The van der Waals surface area contributed by atoms with Crippen molar-refractivity contribution in [1.82, 2.24) is 4.98 Å². The van der Waals surface area contributed by atoms with Crippen molar-refractivity contribution in [1.29, 1.82) is 0 Å². The number of carbonyl (C=O) groups is 1. The molecule has 3 aromatic rings. The number of hydrogen-bond acceptors (Lipinski definition) is 3. The first-order chi connectivity index (χ1) is 10.4. The second-order valence-electron chi connectivity index (χ2n) is 4.70. The molecule has 0 aliphatic carbocycles. The van der Waals surface area contributed by atoms with Gasteiger partial charge in [0.15, 0.2) is 5.13 Å². The highest BCUT2D eigenvalue weighted by Crippen LogP contribution is 2.31. The molecule has 0 spiro atoms. The van der Waals surface area contributed by atoms with E-state index in [1.807, 2.05) is 19.1 Å². The topological polar surface area (TPSA) is 42.0 Å². The van der Waals surface area contributed by atoms with Gasteiger partial charge in [-0.3, -0.25) is 10.1 Å². The maximum Gasteiger partial charge on any atom is 0.257 e. The second kappa shape index (κ2) is 6.05.